The van der Waals surface area contributed by atoms with E-state index in [1.54, 1.807) is 25.3 Å². The molecular formula is C26H29N3O4. The van der Waals surface area contributed by atoms with Crippen molar-refractivity contribution >= 4 is 17.7 Å². The number of nitro benzene ring substituents is 1. The third kappa shape index (κ3) is 6.80. The van der Waals surface area contributed by atoms with Crippen LogP contribution in [0.2, 0.25) is 0 Å². The van der Waals surface area contributed by atoms with Gasteiger partial charge in [0.25, 0.3) is 5.69 Å². The van der Waals surface area contributed by atoms with E-state index in [-0.39, 0.29) is 11.6 Å². The lowest BCUT2D eigenvalue weighted by molar-refractivity contribution is -0.384. The number of rotatable bonds is 11. The molecular weight excluding hydrogens is 418 g/mol. The Bertz CT molecular complexity index is 1100. The Balaban J connectivity index is 1.72. The molecule has 172 valence electrons. The molecule has 0 aliphatic rings. The summed E-state index contributed by atoms with van der Waals surface area (Å²) in [7, 11) is 1.65. The molecule has 7 heteroatoms. The first kappa shape index (κ1) is 23.8. The summed E-state index contributed by atoms with van der Waals surface area (Å²) in [5.41, 5.74) is 2.94. The molecule has 7 nitrogen and oxygen atoms in total. The molecule has 3 rings (SSSR count). The summed E-state index contributed by atoms with van der Waals surface area (Å²) in [5.74, 6) is 0.730. The molecule has 33 heavy (non-hydrogen) atoms. The number of amides is 1. The van der Waals surface area contributed by atoms with Gasteiger partial charge in [-0.05, 0) is 60.0 Å². The van der Waals surface area contributed by atoms with Crippen LogP contribution in [0.25, 0.3) is 6.08 Å². The molecule has 0 spiro atoms. The molecule has 2 aromatic carbocycles. The number of aromatic nitrogens is 1. The molecule has 0 radical (unpaired) electrons. The number of ether oxygens (including phenoxy) is 1. The first-order chi connectivity index (χ1) is 16.0. The van der Waals surface area contributed by atoms with Crippen molar-refractivity contribution in [3.05, 3.63) is 99.9 Å². The number of nitro groups is 1. The summed E-state index contributed by atoms with van der Waals surface area (Å²) in [4.78, 5) is 25.2. The monoisotopic (exact) mass is 447 g/mol. The van der Waals surface area contributed by atoms with Gasteiger partial charge in [0.15, 0.2) is 0 Å². The zero-order valence-electron chi connectivity index (χ0n) is 19.0. The summed E-state index contributed by atoms with van der Waals surface area (Å²) >= 11 is 0. The van der Waals surface area contributed by atoms with Crippen molar-refractivity contribution in [1.82, 2.24) is 9.47 Å². The van der Waals surface area contributed by atoms with Crippen molar-refractivity contribution < 1.29 is 14.5 Å². The fourth-order valence-electron chi connectivity index (χ4n) is 3.51. The number of carbonyl (C=O) groups excluding carboxylic acids is 1. The van der Waals surface area contributed by atoms with Gasteiger partial charge >= 0.3 is 0 Å². The van der Waals surface area contributed by atoms with Gasteiger partial charge in [0.05, 0.1) is 18.6 Å². The third-order valence-electron chi connectivity index (χ3n) is 5.38. The zero-order chi connectivity index (χ0) is 23.6. The highest BCUT2D eigenvalue weighted by Crippen LogP contribution is 2.17. The summed E-state index contributed by atoms with van der Waals surface area (Å²) < 4.78 is 7.46. The second-order valence-corrected chi connectivity index (χ2v) is 7.77. The van der Waals surface area contributed by atoms with Gasteiger partial charge in [-0.2, -0.15) is 0 Å². The minimum atomic E-state index is -0.439. The molecule has 1 aromatic heterocycles. The minimum Gasteiger partial charge on any atom is -0.497 e. The lowest BCUT2D eigenvalue weighted by Crippen LogP contribution is -2.31. The quantitative estimate of drug-likeness (QED) is 0.227. The van der Waals surface area contributed by atoms with Gasteiger partial charge in [0, 0.05) is 43.2 Å². The van der Waals surface area contributed by atoms with Crippen LogP contribution in [0.3, 0.4) is 0 Å². The van der Waals surface area contributed by atoms with Gasteiger partial charge < -0.3 is 14.2 Å². The molecule has 0 aliphatic heterocycles. The van der Waals surface area contributed by atoms with Crippen LogP contribution in [0.1, 0.15) is 36.6 Å². The van der Waals surface area contributed by atoms with Crippen LogP contribution in [0.15, 0.2) is 72.9 Å². The predicted molar refractivity (Wildman–Crippen MR) is 129 cm³/mol. The van der Waals surface area contributed by atoms with E-state index in [9.17, 15) is 14.9 Å². The van der Waals surface area contributed by atoms with E-state index >= 15 is 0 Å². The molecule has 1 heterocycles. The Kier molecular flexibility index (Phi) is 8.41. The van der Waals surface area contributed by atoms with E-state index < -0.39 is 4.92 Å². The number of nitrogens with zero attached hydrogens (tertiary/aromatic N) is 3. The molecule has 0 fully saturated rings. The topological polar surface area (TPSA) is 77.6 Å². The highest BCUT2D eigenvalue weighted by molar-refractivity contribution is 5.91. The number of hydrogen-bond donors (Lipinski definition) is 0. The van der Waals surface area contributed by atoms with Crippen LogP contribution in [0.5, 0.6) is 5.75 Å². The van der Waals surface area contributed by atoms with Crippen molar-refractivity contribution in [2.24, 2.45) is 0 Å². The van der Waals surface area contributed by atoms with Gasteiger partial charge in [0.1, 0.15) is 5.75 Å². The smallest absolute Gasteiger partial charge is 0.269 e. The van der Waals surface area contributed by atoms with Crippen molar-refractivity contribution in [3.63, 3.8) is 0 Å². The summed E-state index contributed by atoms with van der Waals surface area (Å²) in [5, 5.41) is 10.8. The molecule has 1 amide bonds. The average molecular weight is 448 g/mol. The van der Waals surface area contributed by atoms with Gasteiger partial charge in [-0.1, -0.05) is 25.5 Å². The van der Waals surface area contributed by atoms with Gasteiger partial charge in [-0.25, -0.2) is 0 Å². The summed E-state index contributed by atoms with van der Waals surface area (Å²) in [6.07, 6.45) is 7.14. The maximum Gasteiger partial charge on any atom is 0.269 e. The average Bonchev–Trinajstić information content (AvgIpc) is 3.26. The SMILES string of the molecule is CCCCN(Cc1cccn1Cc1cccc(OC)c1)C(=O)C=Cc1ccc([N+](=O)[O-])cc1. The lowest BCUT2D eigenvalue weighted by Gasteiger charge is -2.22. The number of methoxy groups -OCH3 is 1. The van der Waals surface area contributed by atoms with Crippen LogP contribution < -0.4 is 4.74 Å². The van der Waals surface area contributed by atoms with Crippen LogP contribution in [0.4, 0.5) is 5.69 Å². The predicted octanol–water partition coefficient (Wildman–Crippen LogP) is 5.30. The van der Waals surface area contributed by atoms with E-state index in [2.05, 4.69) is 17.6 Å². The highest BCUT2D eigenvalue weighted by Gasteiger charge is 2.14. The van der Waals surface area contributed by atoms with Crippen LogP contribution in [0, 0.1) is 10.1 Å². The maximum absolute atomic E-state index is 13.0. The van der Waals surface area contributed by atoms with Gasteiger partial charge in [-0.15, -0.1) is 0 Å². The van der Waals surface area contributed by atoms with Crippen LogP contribution in [-0.4, -0.2) is 34.0 Å². The van der Waals surface area contributed by atoms with Gasteiger partial charge in [0.2, 0.25) is 5.91 Å². The number of benzene rings is 2. The van der Waals surface area contributed by atoms with Crippen molar-refractivity contribution in [1.29, 1.82) is 0 Å². The third-order valence-corrected chi connectivity index (χ3v) is 5.38. The number of non-ortho nitro benzene ring substituents is 1. The Morgan fingerprint density at radius 2 is 1.94 bits per heavy atom. The largest absolute Gasteiger partial charge is 0.497 e. The van der Waals surface area contributed by atoms with E-state index in [0.717, 1.165) is 35.4 Å². The van der Waals surface area contributed by atoms with E-state index in [4.69, 9.17) is 4.74 Å². The Morgan fingerprint density at radius 1 is 1.15 bits per heavy atom. The summed E-state index contributed by atoms with van der Waals surface area (Å²) in [6.45, 7) is 3.94. The first-order valence-electron chi connectivity index (χ1n) is 11.0. The fraction of sp³-hybridized carbons (Fsp3) is 0.269. The molecule has 0 bridgehead atoms. The Hall–Kier alpha value is -3.87. The number of carbonyl (C=O) groups is 1. The first-order valence-corrected chi connectivity index (χ1v) is 11.0. The molecule has 0 unspecified atom stereocenters. The van der Waals surface area contributed by atoms with E-state index in [0.29, 0.717) is 19.6 Å². The Labute approximate surface area is 194 Å². The van der Waals surface area contributed by atoms with Crippen LogP contribution >= 0.6 is 0 Å². The van der Waals surface area contributed by atoms with E-state index in [1.165, 1.54) is 18.2 Å². The lowest BCUT2D eigenvalue weighted by atomic mass is 10.2. The van der Waals surface area contributed by atoms with Crippen molar-refractivity contribution in [3.8, 4) is 5.75 Å². The number of unbranched alkanes of at least 4 members (excludes halogenated alkanes) is 1. The minimum absolute atomic E-state index is 0.0276. The van der Waals surface area contributed by atoms with Crippen LogP contribution in [-0.2, 0) is 17.9 Å². The highest BCUT2D eigenvalue weighted by atomic mass is 16.6. The zero-order valence-corrected chi connectivity index (χ0v) is 19.0. The second-order valence-electron chi connectivity index (χ2n) is 7.77. The van der Waals surface area contributed by atoms with Crippen molar-refractivity contribution in [2.75, 3.05) is 13.7 Å². The molecule has 0 aliphatic carbocycles. The standard InChI is InChI=1S/C26H29N3O4/c1-3-4-16-28(26(30)15-12-21-10-13-23(14-11-21)29(31)32)20-24-8-6-17-27(24)19-22-7-5-9-25(18-22)33-2/h5-15,17-18H,3-4,16,19-20H2,1-2H3. The fourth-order valence-corrected chi connectivity index (χ4v) is 3.51. The second kappa shape index (κ2) is 11.7. The van der Waals surface area contributed by atoms with E-state index in [1.807, 2.05) is 41.4 Å². The Morgan fingerprint density at radius 3 is 2.64 bits per heavy atom. The molecule has 0 saturated heterocycles. The van der Waals surface area contributed by atoms with Gasteiger partial charge in [-0.3, -0.25) is 14.9 Å². The van der Waals surface area contributed by atoms with Crippen molar-refractivity contribution in [2.45, 2.75) is 32.9 Å². The summed E-state index contributed by atoms with van der Waals surface area (Å²) in [6, 6.07) is 18.1. The molecule has 0 atom stereocenters. The number of hydrogen-bond acceptors (Lipinski definition) is 4. The molecule has 0 N–H and O–H groups in total. The molecule has 0 saturated carbocycles. The normalized spacial score (nSPS) is 11.0. The maximum atomic E-state index is 13.0. The molecule has 3 aromatic rings.